The molecular formula is C11H15N4O5+. The summed E-state index contributed by atoms with van der Waals surface area (Å²) < 4.78 is 5.22. The quantitative estimate of drug-likeness (QED) is 0.436. The molecule has 0 aliphatic carbocycles. The van der Waals surface area contributed by atoms with E-state index in [0.29, 0.717) is 25.3 Å². The van der Waals surface area contributed by atoms with Gasteiger partial charge in [0.1, 0.15) is 19.6 Å². The molecule has 3 N–H and O–H groups in total. The monoisotopic (exact) mass is 283 g/mol. The minimum absolute atomic E-state index is 0.402. The summed E-state index contributed by atoms with van der Waals surface area (Å²) in [5.41, 5.74) is 4.78. The topological polar surface area (TPSA) is 126 Å². The number of nitrogens with one attached hydrogen (secondary N) is 1. The molecule has 9 heteroatoms. The van der Waals surface area contributed by atoms with E-state index in [1.54, 1.807) is 0 Å². The Morgan fingerprint density at radius 2 is 1.65 bits per heavy atom. The molecule has 9 nitrogen and oxygen atoms in total. The molecule has 1 aliphatic heterocycles. The van der Waals surface area contributed by atoms with Crippen LogP contribution in [0.5, 0.6) is 0 Å². The second-order valence-corrected chi connectivity index (χ2v) is 4.60. The third-order valence-electron chi connectivity index (χ3n) is 3.24. The van der Waals surface area contributed by atoms with Crippen molar-refractivity contribution in [2.45, 2.75) is 6.54 Å². The average Bonchev–Trinajstić information content (AvgIpc) is 2.41. The Kier molecular flexibility index (Phi) is 4.11. The van der Waals surface area contributed by atoms with E-state index < -0.39 is 26.9 Å². The number of rotatable bonds is 4. The Hall–Kier alpha value is -2.26. The van der Waals surface area contributed by atoms with Gasteiger partial charge in [0.25, 0.3) is 11.4 Å². The summed E-state index contributed by atoms with van der Waals surface area (Å²) in [5.74, 6) is 0. The summed E-state index contributed by atoms with van der Waals surface area (Å²) in [5, 5.41) is 21.8. The van der Waals surface area contributed by atoms with Gasteiger partial charge in [-0.2, -0.15) is 0 Å². The smallest absolute Gasteiger partial charge is 0.299 e. The number of nitrogen functional groups attached to an aromatic ring is 1. The van der Waals surface area contributed by atoms with Gasteiger partial charge in [0.05, 0.1) is 23.1 Å². The van der Waals surface area contributed by atoms with Crippen molar-refractivity contribution in [1.82, 2.24) is 0 Å². The maximum atomic E-state index is 10.9. The van der Waals surface area contributed by atoms with Gasteiger partial charge in [0, 0.05) is 17.7 Å². The van der Waals surface area contributed by atoms with E-state index in [-0.39, 0.29) is 0 Å². The number of quaternary nitrogens is 1. The third-order valence-corrected chi connectivity index (χ3v) is 3.24. The summed E-state index contributed by atoms with van der Waals surface area (Å²) in [7, 11) is 0. The first kappa shape index (κ1) is 14.2. The standard InChI is InChI=1S/C11H14N4O5/c12-11-9(14(16)17)5-8(6-10(11)15(18)19)7-13-1-3-20-4-2-13/h5-6H,1-4,7,12H2/p+1. The number of hydrogen-bond donors (Lipinski definition) is 2. The van der Waals surface area contributed by atoms with Crippen molar-refractivity contribution in [3.8, 4) is 0 Å². The number of nitro benzene ring substituents is 2. The highest BCUT2D eigenvalue weighted by atomic mass is 16.6. The summed E-state index contributed by atoms with van der Waals surface area (Å²) >= 11 is 0. The fourth-order valence-corrected chi connectivity index (χ4v) is 2.21. The van der Waals surface area contributed by atoms with Crippen molar-refractivity contribution >= 4 is 17.1 Å². The molecule has 2 rings (SSSR count). The van der Waals surface area contributed by atoms with Crippen LogP contribution in [0.4, 0.5) is 17.1 Å². The zero-order valence-electron chi connectivity index (χ0n) is 10.7. The predicted molar refractivity (Wildman–Crippen MR) is 69.4 cm³/mol. The minimum atomic E-state index is -0.694. The number of nitrogens with two attached hydrogens (primary N) is 1. The lowest BCUT2D eigenvalue weighted by atomic mass is 10.1. The first-order chi connectivity index (χ1) is 9.49. The average molecular weight is 283 g/mol. The van der Waals surface area contributed by atoms with Gasteiger partial charge in [0.2, 0.25) is 0 Å². The van der Waals surface area contributed by atoms with Crippen LogP contribution in [0.3, 0.4) is 0 Å². The molecule has 0 spiro atoms. The predicted octanol–water partition coefficient (Wildman–Crippen LogP) is -0.500. The van der Waals surface area contributed by atoms with Gasteiger partial charge in [0.15, 0.2) is 5.69 Å². The van der Waals surface area contributed by atoms with Crippen LogP contribution in [-0.4, -0.2) is 36.1 Å². The van der Waals surface area contributed by atoms with Gasteiger partial charge in [-0.3, -0.25) is 20.2 Å². The van der Waals surface area contributed by atoms with Crippen LogP contribution in [0, 0.1) is 20.2 Å². The molecule has 1 aliphatic rings. The van der Waals surface area contributed by atoms with Crippen molar-refractivity contribution < 1.29 is 19.5 Å². The van der Waals surface area contributed by atoms with Crippen LogP contribution < -0.4 is 10.6 Å². The molecule has 0 bridgehead atoms. The Morgan fingerprint density at radius 1 is 1.15 bits per heavy atom. The van der Waals surface area contributed by atoms with Crippen molar-refractivity contribution in [2.75, 3.05) is 32.0 Å². The van der Waals surface area contributed by atoms with E-state index in [0.717, 1.165) is 13.1 Å². The Balaban J connectivity index is 2.32. The Bertz CT molecular complexity index is 507. The molecule has 0 radical (unpaired) electrons. The summed E-state index contributed by atoms with van der Waals surface area (Å²) in [6.07, 6.45) is 0. The molecule has 0 unspecified atom stereocenters. The normalized spacial score (nSPS) is 16.0. The van der Waals surface area contributed by atoms with Crippen LogP contribution in [0.2, 0.25) is 0 Å². The SMILES string of the molecule is Nc1c([N+](=O)[O-])cc(C[NH+]2CCOCC2)cc1[N+](=O)[O-]. The first-order valence-corrected chi connectivity index (χ1v) is 6.11. The van der Waals surface area contributed by atoms with E-state index in [1.807, 2.05) is 0 Å². The van der Waals surface area contributed by atoms with E-state index in [9.17, 15) is 20.2 Å². The van der Waals surface area contributed by atoms with Crippen molar-refractivity contribution in [1.29, 1.82) is 0 Å². The molecule has 1 saturated heterocycles. The van der Waals surface area contributed by atoms with Crippen LogP contribution in [0.25, 0.3) is 0 Å². The van der Waals surface area contributed by atoms with Crippen LogP contribution in [-0.2, 0) is 11.3 Å². The fraction of sp³-hybridized carbons (Fsp3) is 0.455. The summed E-state index contributed by atoms with van der Waals surface area (Å²) in [6.45, 7) is 3.26. The number of morpholine rings is 1. The van der Waals surface area contributed by atoms with Gasteiger partial charge in [-0.15, -0.1) is 0 Å². The van der Waals surface area contributed by atoms with Crippen molar-refractivity contribution in [2.24, 2.45) is 0 Å². The lowest BCUT2D eigenvalue weighted by Gasteiger charge is -2.23. The molecule has 1 heterocycles. The highest BCUT2D eigenvalue weighted by Crippen LogP contribution is 2.32. The number of nitro groups is 2. The second kappa shape index (κ2) is 5.80. The zero-order valence-corrected chi connectivity index (χ0v) is 10.7. The van der Waals surface area contributed by atoms with Crippen LogP contribution in [0.1, 0.15) is 5.56 Å². The lowest BCUT2D eigenvalue weighted by Crippen LogP contribution is -3.12. The van der Waals surface area contributed by atoms with Gasteiger partial charge in [-0.05, 0) is 0 Å². The first-order valence-electron chi connectivity index (χ1n) is 6.11. The molecular weight excluding hydrogens is 268 g/mol. The number of benzene rings is 1. The molecule has 1 aromatic carbocycles. The van der Waals surface area contributed by atoms with E-state index in [4.69, 9.17) is 10.5 Å². The zero-order chi connectivity index (χ0) is 14.7. The third kappa shape index (κ3) is 3.00. The minimum Gasteiger partial charge on any atom is -0.388 e. The molecule has 0 atom stereocenters. The fourth-order valence-electron chi connectivity index (χ4n) is 2.21. The van der Waals surface area contributed by atoms with Gasteiger partial charge in [-0.25, -0.2) is 0 Å². The number of hydrogen-bond acceptors (Lipinski definition) is 6. The number of anilines is 1. The maximum Gasteiger partial charge on any atom is 0.299 e. The van der Waals surface area contributed by atoms with Gasteiger partial charge >= 0.3 is 0 Å². The van der Waals surface area contributed by atoms with Crippen LogP contribution in [0.15, 0.2) is 12.1 Å². The highest BCUT2D eigenvalue weighted by molar-refractivity contribution is 5.71. The maximum absolute atomic E-state index is 10.9. The van der Waals surface area contributed by atoms with Gasteiger partial charge < -0.3 is 15.4 Å². The molecule has 1 aromatic rings. The summed E-state index contributed by atoms with van der Waals surface area (Å²) in [4.78, 5) is 21.6. The summed E-state index contributed by atoms with van der Waals surface area (Å²) in [6, 6.07) is 2.62. The molecule has 1 fully saturated rings. The Morgan fingerprint density at radius 3 is 2.10 bits per heavy atom. The van der Waals surface area contributed by atoms with Gasteiger partial charge in [-0.1, -0.05) is 0 Å². The Labute approximate surface area is 114 Å². The van der Waals surface area contributed by atoms with E-state index in [1.165, 1.54) is 17.0 Å². The number of ether oxygens (including phenoxy) is 1. The largest absolute Gasteiger partial charge is 0.388 e. The van der Waals surface area contributed by atoms with Crippen molar-refractivity contribution in [3.05, 3.63) is 37.9 Å². The van der Waals surface area contributed by atoms with E-state index in [2.05, 4.69) is 0 Å². The van der Waals surface area contributed by atoms with E-state index >= 15 is 0 Å². The highest BCUT2D eigenvalue weighted by Gasteiger charge is 2.26. The van der Waals surface area contributed by atoms with Crippen molar-refractivity contribution in [3.63, 3.8) is 0 Å². The second-order valence-electron chi connectivity index (χ2n) is 4.60. The lowest BCUT2D eigenvalue weighted by molar-refractivity contribution is -0.921. The molecule has 20 heavy (non-hydrogen) atoms. The van der Waals surface area contributed by atoms with Crippen LogP contribution >= 0.6 is 0 Å². The molecule has 0 amide bonds. The molecule has 0 saturated carbocycles. The molecule has 0 aromatic heterocycles. The number of nitrogens with zero attached hydrogens (tertiary/aromatic N) is 2. The molecule has 108 valence electrons.